The van der Waals surface area contributed by atoms with Gasteiger partial charge in [0.2, 0.25) is 0 Å². The molecular formula is C20H31N3O2. The van der Waals surface area contributed by atoms with Gasteiger partial charge in [0, 0.05) is 57.3 Å². The number of ether oxygens (including phenoxy) is 2. The van der Waals surface area contributed by atoms with E-state index in [0.717, 1.165) is 32.4 Å². The lowest BCUT2D eigenvalue weighted by Crippen LogP contribution is -2.49. The maximum atomic E-state index is 6.38. The molecule has 3 aliphatic heterocycles. The Morgan fingerprint density at radius 1 is 1.28 bits per heavy atom. The van der Waals surface area contributed by atoms with Gasteiger partial charge in [0.25, 0.3) is 0 Å². The molecule has 1 unspecified atom stereocenters. The highest BCUT2D eigenvalue weighted by Crippen LogP contribution is 2.38. The van der Waals surface area contributed by atoms with Crippen molar-refractivity contribution in [3.63, 3.8) is 0 Å². The number of hydrogen-bond donors (Lipinski definition) is 0. The highest BCUT2D eigenvalue weighted by Gasteiger charge is 2.44. The molecule has 1 aromatic heterocycles. The van der Waals surface area contributed by atoms with Crippen molar-refractivity contribution in [2.45, 2.75) is 56.3 Å². The minimum atomic E-state index is 0.121. The number of likely N-dealkylation sites (tertiary alicyclic amines) is 1. The van der Waals surface area contributed by atoms with Crippen LogP contribution in [0.25, 0.3) is 0 Å². The largest absolute Gasteiger partial charge is 0.381 e. The summed E-state index contributed by atoms with van der Waals surface area (Å²) >= 11 is 0. The lowest BCUT2D eigenvalue weighted by atomic mass is 9.86. The van der Waals surface area contributed by atoms with Crippen molar-refractivity contribution in [3.05, 3.63) is 30.1 Å². The minimum Gasteiger partial charge on any atom is -0.381 e. The molecule has 0 aliphatic carbocycles. The Labute approximate surface area is 151 Å². The first-order valence-corrected chi connectivity index (χ1v) is 9.79. The summed E-state index contributed by atoms with van der Waals surface area (Å²) in [4.78, 5) is 9.35. The van der Waals surface area contributed by atoms with Crippen LogP contribution < -0.4 is 0 Å². The van der Waals surface area contributed by atoms with Crippen LogP contribution in [0.4, 0.5) is 0 Å². The monoisotopic (exact) mass is 345 g/mol. The molecule has 0 saturated carbocycles. The molecule has 5 nitrogen and oxygen atoms in total. The van der Waals surface area contributed by atoms with Gasteiger partial charge in [-0.2, -0.15) is 0 Å². The second-order valence-corrected chi connectivity index (χ2v) is 8.01. The van der Waals surface area contributed by atoms with E-state index in [1.807, 2.05) is 18.5 Å². The van der Waals surface area contributed by atoms with Crippen LogP contribution in [0.1, 0.15) is 37.7 Å². The smallest absolute Gasteiger partial charge is 0.0723 e. The maximum Gasteiger partial charge on any atom is 0.0723 e. The van der Waals surface area contributed by atoms with Gasteiger partial charge in [0.15, 0.2) is 0 Å². The van der Waals surface area contributed by atoms with Gasteiger partial charge in [-0.1, -0.05) is 6.07 Å². The fraction of sp³-hybridized carbons (Fsp3) is 0.750. The van der Waals surface area contributed by atoms with Gasteiger partial charge in [0.05, 0.1) is 12.2 Å². The molecule has 5 heteroatoms. The second-order valence-electron chi connectivity index (χ2n) is 8.01. The molecule has 0 N–H and O–H groups in total. The lowest BCUT2D eigenvalue weighted by Gasteiger charge is -2.43. The number of aromatic nitrogens is 1. The van der Waals surface area contributed by atoms with Gasteiger partial charge in [-0.15, -0.1) is 0 Å². The zero-order valence-corrected chi connectivity index (χ0v) is 15.4. The van der Waals surface area contributed by atoms with Crippen LogP contribution in [0.3, 0.4) is 0 Å². The number of piperidine rings is 1. The van der Waals surface area contributed by atoms with E-state index >= 15 is 0 Å². The quantitative estimate of drug-likeness (QED) is 0.837. The highest BCUT2D eigenvalue weighted by molar-refractivity contribution is 5.09. The summed E-state index contributed by atoms with van der Waals surface area (Å²) < 4.78 is 11.9. The van der Waals surface area contributed by atoms with Crippen molar-refractivity contribution in [1.29, 1.82) is 0 Å². The summed E-state index contributed by atoms with van der Waals surface area (Å²) in [6, 6.07) is 5.43. The Morgan fingerprint density at radius 2 is 2.08 bits per heavy atom. The molecule has 4 heterocycles. The van der Waals surface area contributed by atoms with Crippen LogP contribution >= 0.6 is 0 Å². The average Bonchev–Trinajstić information content (AvgIpc) is 3.08. The number of rotatable bonds is 4. The zero-order valence-electron chi connectivity index (χ0n) is 15.4. The normalized spacial score (nSPS) is 28.0. The Morgan fingerprint density at radius 3 is 2.80 bits per heavy atom. The molecule has 3 fully saturated rings. The molecule has 0 amide bonds. The number of pyridine rings is 1. The average molecular weight is 345 g/mol. The molecule has 0 radical (unpaired) electrons. The molecule has 3 aliphatic rings. The maximum absolute atomic E-state index is 6.38. The summed E-state index contributed by atoms with van der Waals surface area (Å²) in [5.74, 6) is 0. The van der Waals surface area contributed by atoms with E-state index in [4.69, 9.17) is 9.47 Å². The van der Waals surface area contributed by atoms with Crippen LogP contribution in [0, 0.1) is 0 Å². The first kappa shape index (κ1) is 17.4. The SMILES string of the molecule is CN(Cc1cccnc1)C1COC2(CCN(C3CCOCC3)CC2)C1. The van der Waals surface area contributed by atoms with Crippen LogP contribution in [-0.2, 0) is 16.0 Å². The summed E-state index contributed by atoms with van der Waals surface area (Å²) in [5.41, 5.74) is 1.40. The fourth-order valence-corrected chi connectivity index (χ4v) is 4.71. The Bertz CT molecular complexity index is 539. The molecule has 1 aromatic rings. The van der Waals surface area contributed by atoms with Crippen molar-refractivity contribution >= 4 is 0 Å². The molecular weight excluding hydrogens is 314 g/mol. The third kappa shape index (κ3) is 4.05. The van der Waals surface area contributed by atoms with E-state index in [1.165, 1.54) is 50.8 Å². The van der Waals surface area contributed by atoms with Gasteiger partial charge in [0.1, 0.15) is 0 Å². The Kier molecular flexibility index (Phi) is 5.36. The van der Waals surface area contributed by atoms with E-state index in [2.05, 4.69) is 27.9 Å². The molecule has 1 spiro atoms. The van der Waals surface area contributed by atoms with Gasteiger partial charge < -0.3 is 9.47 Å². The molecule has 4 rings (SSSR count). The van der Waals surface area contributed by atoms with Crippen molar-refractivity contribution in [1.82, 2.24) is 14.8 Å². The van der Waals surface area contributed by atoms with Crippen LogP contribution in [0.15, 0.2) is 24.5 Å². The third-order valence-electron chi connectivity index (χ3n) is 6.38. The van der Waals surface area contributed by atoms with E-state index < -0.39 is 0 Å². The highest BCUT2D eigenvalue weighted by atomic mass is 16.5. The minimum absolute atomic E-state index is 0.121. The predicted octanol–water partition coefficient (Wildman–Crippen LogP) is 2.32. The number of nitrogens with zero attached hydrogens (tertiary/aromatic N) is 3. The van der Waals surface area contributed by atoms with Gasteiger partial charge in [-0.05, 0) is 50.8 Å². The van der Waals surface area contributed by atoms with E-state index in [0.29, 0.717) is 6.04 Å². The molecule has 0 aromatic carbocycles. The lowest BCUT2D eigenvalue weighted by molar-refractivity contribution is -0.0615. The van der Waals surface area contributed by atoms with Crippen molar-refractivity contribution in [2.75, 3.05) is 40.0 Å². The van der Waals surface area contributed by atoms with Gasteiger partial charge in [-0.25, -0.2) is 0 Å². The summed E-state index contributed by atoms with van der Waals surface area (Å²) in [5, 5.41) is 0. The van der Waals surface area contributed by atoms with Crippen molar-refractivity contribution in [3.8, 4) is 0 Å². The summed E-state index contributed by atoms with van der Waals surface area (Å²) in [7, 11) is 2.22. The van der Waals surface area contributed by atoms with Crippen molar-refractivity contribution < 1.29 is 9.47 Å². The third-order valence-corrected chi connectivity index (χ3v) is 6.38. The molecule has 138 valence electrons. The predicted molar refractivity (Wildman–Crippen MR) is 97.4 cm³/mol. The standard InChI is InChI=1S/C20H31N3O2/c1-22(15-17-3-2-8-21-14-17)19-13-20(25-16-19)6-9-23(10-7-20)18-4-11-24-12-5-18/h2-3,8,14,18-19H,4-7,9-13,15-16H2,1H3. The van der Waals surface area contributed by atoms with E-state index in [9.17, 15) is 0 Å². The number of likely N-dealkylation sites (N-methyl/N-ethyl adjacent to an activating group) is 1. The van der Waals surface area contributed by atoms with Gasteiger partial charge >= 0.3 is 0 Å². The molecule has 0 bridgehead atoms. The molecule has 3 saturated heterocycles. The molecule has 1 atom stereocenters. The van der Waals surface area contributed by atoms with Crippen LogP contribution in [0.5, 0.6) is 0 Å². The Balaban J connectivity index is 1.28. The topological polar surface area (TPSA) is 37.8 Å². The van der Waals surface area contributed by atoms with Crippen molar-refractivity contribution in [2.24, 2.45) is 0 Å². The van der Waals surface area contributed by atoms with E-state index in [-0.39, 0.29) is 5.60 Å². The first-order valence-electron chi connectivity index (χ1n) is 9.79. The Hall–Kier alpha value is -1.01. The fourth-order valence-electron chi connectivity index (χ4n) is 4.71. The number of hydrogen-bond acceptors (Lipinski definition) is 5. The second kappa shape index (κ2) is 7.70. The molecule has 25 heavy (non-hydrogen) atoms. The zero-order chi connectivity index (χ0) is 17.1. The van der Waals surface area contributed by atoms with Gasteiger partial charge in [-0.3, -0.25) is 14.8 Å². The summed E-state index contributed by atoms with van der Waals surface area (Å²) in [6.07, 6.45) is 9.74. The van der Waals surface area contributed by atoms with Crippen LogP contribution in [0.2, 0.25) is 0 Å². The van der Waals surface area contributed by atoms with E-state index in [1.54, 1.807) is 0 Å². The summed E-state index contributed by atoms with van der Waals surface area (Å²) in [6.45, 7) is 6.06. The first-order chi connectivity index (χ1) is 12.2. The van der Waals surface area contributed by atoms with Crippen LogP contribution in [-0.4, -0.2) is 72.4 Å².